The largest absolute Gasteiger partial charge is 0.316 e. The molecular formula is C16H18FN3. The number of hydrogen-bond donors (Lipinski definition) is 1. The molecule has 2 heterocycles. The lowest BCUT2D eigenvalue weighted by atomic mass is 9.95. The monoisotopic (exact) mass is 271 g/mol. The number of nitrogens with zero attached hydrogens (tertiary/aromatic N) is 2. The van der Waals surface area contributed by atoms with Gasteiger partial charge in [0.1, 0.15) is 5.82 Å². The maximum atomic E-state index is 13.0. The van der Waals surface area contributed by atoms with E-state index in [0.29, 0.717) is 11.7 Å². The second kappa shape index (κ2) is 5.29. The summed E-state index contributed by atoms with van der Waals surface area (Å²) in [4.78, 5) is 9.23. The number of rotatable bonds is 2. The van der Waals surface area contributed by atoms with Gasteiger partial charge in [-0.15, -0.1) is 0 Å². The van der Waals surface area contributed by atoms with Crippen molar-refractivity contribution in [3.63, 3.8) is 0 Å². The predicted molar refractivity (Wildman–Crippen MR) is 77.1 cm³/mol. The van der Waals surface area contributed by atoms with Crippen molar-refractivity contribution in [2.45, 2.75) is 26.2 Å². The predicted octanol–water partition coefficient (Wildman–Crippen LogP) is 2.98. The molecule has 1 saturated heterocycles. The molecule has 0 amide bonds. The van der Waals surface area contributed by atoms with Crippen LogP contribution >= 0.6 is 0 Å². The molecule has 1 aliphatic heterocycles. The highest BCUT2D eigenvalue weighted by atomic mass is 19.1. The van der Waals surface area contributed by atoms with Gasteiger partial charge in [0, 0.05) is 29.4 Å². The van der Waals surface area contributed by atoms with Gasteiger partial charge in [0.25, 0.3) is 0 Å². The third-order valence-corrected chi connectivity index (χ3v) is 3.90. The molecule has 3 nitrogen and oxygen atoms in total. The fourth-order valence-corrected chi connectivity index (χ4v) is 2.94. The van der Waals surface area contributed by atoms with Crippen LogP contribution in [0.25, 0.3) is 11.4 Å². The third-order valence-electron chi connectivity index (χ3n) is 3.90. The van der Waals surface area contributed by atoms with E-state index in [1.54, 1.807) is 12.1 Å². The molecule has 0 spiro atoms. The van der Waals surface area contributed by atoms with Crippen LogP contribution in [0.2, 0.25) is 0 Å². The SMILES string of the molecule is Cc1nc(-c2ccc(F)cc2)nc(C)c1C1CCNC1. The Kier molecular flexibility index (Phi) is 3.49. The van der Waals surface area contributed by atoms with Crippen molar-refractivity contribution in [1.29, 1.82) is 0 Å². The first kappa shape index (κ1) is 13.2. The average molecular weight is 271 g/mol. The minimum Gasteiger partial charge on any atom is -0.316 e. The highest BCUT2D eigenvalue weighted by Gasteiger charge is 2.22. The molecule has 1 fully saturated rings. The Morgan fingerprint density at radius 3 is 2.30 bits per heavy atom. The number of nitrogens with one attached hydrogen (secondary N) is 1. The number of aryl methyl sites for hydroxylation is 2. The Balaban J connectivity index is 2.00. The minimum absolute atomic E-state index is 0.240. The molecule has 0 aliphatic carbocycles. The molecule has 0 radical (unpaired) electrons. The maximum Gasteiger partial charge on any atom is 0.159 e. The molecule has 2 aromatic rings. The first-order valence-corrected chi connectivity index (χ1v) is 6.97. The summed E-state index contributed by atoms with van der Waals surface area (Å²) in [6.45, 7) is 6.13. The van der Waals surface area contributed by atoms with E-state index in [1.807, 2.05) is 13.8 Å². The van der Waals surface area contributed by atoms with Crippen molar-refractivity contribution in [2.24, 2.45) is 0 Å². The van der Waals surface area contributed by atoms with Crippen molar-refractivity contribution in [3.05, 3.63) is 47.0 Å². The molecule has 1 aromatic carbocycles. The molecule has 1 aromatic heterocycles. The van der Waals surface area contributed by atoms with Crippen LogP contribution < -0.4 is 5.32 Å². The molecule has 1 atom stereocenters. The van der Waals surface area contributed by atoms with Crippen LogP contribution in [-0.4, -0.2) is 23.1 Å². The number of aromatic nitrogens is 2. The zero-order valence-corrected chi connectivity index (χ0v) is 11.8. The number of halogens is 1. The van der Waals surface area contributed by atoms with E-state index in [2.05, 4.69) is 15.3 Å². The highest BCUT2D eigenvalue weighted by molar-refractivity contribution is 5.55. The normalized spacial score (nSPS) is 18.4. The summed E-state index contributed by atoms with van der Waals surface area (Å²) in [7, 11) is 0. The molecule has 0 bridgehead atoms. The van der Waals surface area contributed by atoms with Crippen molar-refractivity contribution < 1.29 is 4.39 Å². The van der Waals surface area contributed by atoms with Crippen molar-refractivity contribution in [1.82, 2.24) is 15.3 Å². The zero-order valence-electron chi connectivity index (χ0n) is 11.8. The van der Waals surface area contributed by atoms with Crippen LogP contribution in [-0.2, 0) is 0 Å². The summed E-state index contributed by atoms with van der Waals surface area (Å²) in [6, 6.07) is 6.33. The van der Waals surface area contributed by atoms with E-state index in [4.69, 9.17) is 0 Å². The highest BCUT2D eigenvalue weighted by Crippen LogP contribution is 2.28. The summed E-state index contributed by atoms with van der Waals surface area (Å²) in [6.07, 6.45) is 1.14. The van der Waals surface area contributed by atoms with Gasteiger partial charge in [-0.25, -0.2) is 14.4 Å². The maximum absolute atomic E-state index is 13.0. The number of benzene rings is 1. The second-order valence-corrected chi connectivity index (χ2v) is 5.33. The Bertz CT molecular complexity index is 593. The molecule has 1 unspecified atom stereocenters. The van der Waals surface area contributed by atoms with E-state index in [9.17, 15) is 4.39 Å². The standard InChI is InChI=1S/C16H18FN3/c1-10-15(13-7-8-18-9-13)11(2)20-16(19-10)12-3-5-14(17)6-4-12/h3-6,13,18H,7-9H2,1-2H3. The summed E-state index contributed by atoms with van der Waals surface area (Å²) < 4.78 is 13.0. The molecule has 3 rings (SSSR count). The van der Waals surface area contributed by atoms with Gasteiger partial charge < -0.3 is 5.32 Å². The summed E-state index contributed by atoms with van der Waals surface area (Å²) in [5.74, 6) is 0.947. The van der Waals surface area contributed by atoms with E-state index >= 15 is 0 Å². The topological polar surface area (TPSA) is 37.8 Å². The van der Waals surface area contributed by atoms with Crippen molar-refractivity contribution in [2.75, 3.05) is 13.1 Å². The Morgan fingerprint density at radius 2 is 1.75 bits per heavy atom. The smallest absolute Gasteiger partial charge is 0.159 e. The summed E-state index contributed by atoms with van der Waals surface area (Å²) in [5.41, 5.74) is 4.19. The minimum atomic E-state index is -0.240. The van der Waals surface area contributed by atoms with Gasteiger partial charge in [-0.05, 0) is 56.6 Å². The quantitative estimate of drug-likeness (QED) is 0.912. The average Bonchev–Trinajstić information content (AvgIpc) is 2.92. The van der Waals surface area contributed by atoms with Gasteiger partial charge in [-0.1, -0.05) is 0 Å². The zero-order chi connectivity index (χ0) is 14.1. The van der Waals surface area contributed by atoms with Gasteiger partial charge in [0.15, 0.2) is 5.82 Å². The van der Waals surface area contributed by atoms with Crippen molar-refractivity contribution >= 4 is 0 Å². The summed E-state index contributed by atoms with van der Waals surface area (Å²) in [5, 5.41) is 3.38. The van der Waals surface area contributed by atoms with Crippen LogP contribution in [0, 0.1) is 19.7 Å². The molecule has 104 valence electrons. The molecular weight excluding hydrogens is 253 g/mol. The van der Waals surface area contributed by atoms with Gasteiger partial charge in [0.2, 0.25) is 0 Å². The molecule has 4 heteroatoms. The fraction of sp³-hybridized carbons (Fsp3) is 0.375. The Labute approximate surface area is 118 Å². The second-order valence-electron chi connectivity index (χ2n) is 5.33. The van der Waals surface area contributed by atoms with Gasteiger partial charge in [0.05, 0.1) is 0 Å². The van der Waals surface area contributed by atoms with Gasteiger partial charge in [-0.3, -0.25) is 0 Å². The Hall–Kier alpha value is -1.81. The van der Waals surface area contributed by atoms with Gasteiger partial charge in [-0.2, -0.15) is 0 Å². The third kappa shape index (κ3) is 2.43. The Morgan fingerprint density at radius 1 is 1.10 bits per heavy atom. The fourth-order valence-electron chi connectivity index (χ4n) is 2.94. The van der Waals surface area contributed by atoms with Crippen LogP contribution in [0.1, 0.15) is 29.3 Å². The van der Waals surface area contributed by atoms with E-state index in [-0.39, 0.29) is 5.82 Å². The van der Waals surface area contributed by atoms with E-state index in [0.717, 1.165) is 36.5 Å². The lowest BCUT2D eigenvalue weighted by molar-refractivity contribution is 0.628. The first-order valence-electron chi connectivity index (χ1n) is 6.97. The molecule has 1 aliphatic rings. The molecule has 0 saturated carbocycles. The summed E-state index contributed by atoms with van der Waals surface area (Å²) >= 11 is 0. The van der Waals surface area contributed by atoms with Crippen LogP contribution in [0.5, 0.6) is 0 Å². The van der Waals surface area contributed by atoms with Crippen LogP contribution in [0.3, 0.4) is 0 Å². The van der Waals surface area contributed by atoms with E-state index < -0.39 is 0 Å². The first-order chi connectivity index (χ1) is 9.65. The molecule has 1 N–H and O–H groups in total. The van der Waals surface area contributed by atoms with Crippen molar-refractivity contribution in [3.8, 4) is 11.4 Å². The van der Waals surface area contributed by atoms with Crippen LogP contribution in [0.4, 0.5) is 4.39 Å². The molecule has 20 heavy (non-hydrogen) atoms. The van der Waals surface area contributed by atoms with Crippen LogP contribution in [0.15, 0.2) is 24.3 Å². The lowest BCUT2D eigenvalue weighted by Gasteiger charge is -2.15. The lowest BCUT2D eigenvalue weighted by Crippen LogP contribution is -2.12. The van der Waals surface area contributed by atoms with E-state index in [1.165, 1.54) is 17.7 Å². The van der Waals surface area contributed by atoms with Gasteiger partial charge >= 0.3 is 0 Å². The number of hydrogen-bond acceptors (Lipinski definition) is 3.